The molecule has 0 aliphatic carbocycles. The first kappa shape index (κ1) is 13.9. The van der Waals surface area contributed by atoms with Crippen molar-refractivity contribution in [2.75, 3.05) is 25.9 Å². The first-order valence-electron chi connectivity index (χ1n) is 6.20. The normalized spacial score (nSPS) is 28.2. The lowest BCUT2D eigenvalue weighted by Gasteiger charge is -2.37. The van der Waals surface area contributed by atoms with Crippen LogP contribution >= 0.6 is 0 Å². The molecule has 0 aromatic carbocycles. The summed E-state index contributed by atoms with van der Waals surface area (Å²) in [4.78, 5) is 0. The molecule has 1 fully saturated rings. The monoisotopic (exact) mass is 248 g/mol. The second kappa shape index (κ2) is 5.98. The maximum absolute atomic E-state index is 11.9. The number of sulfonamides is 1. The van der Waals surface area contributed by atoms with Crippen molar-refractivity contribution in [3.05, 3.63) is 0 Å². The summed E-state index contributed by atoms with van der Waals surface area (Å²) < 4.78 is 25.6. The summed E-state index contributed by atoms with van der Waals surface area (Å²) in [7, 11) is -1.04. The molecule has 4 nitrogen and oxygen atoms in total. The Balaban J connectivity index is 2.67. The van der Waals surface area contributed by atoms with E-state index in [0.29, 0.717) is 31.5 Å². The second-order valence-corrected chi connectivity index (χ2v) is 6.61. The number of rotatable bonds is 5. The molecule has 1 heterocycles. The van der Waals surface area contributed by atoms with Crippen molar-refractivity contribution in [1.29, 1.82) is 0 Å². The summed E-state index contributed by atoms with van der Waals surface area (Å²) in [5, 5.41) is 3.29. The van der Waals surface area contributed by atoms with Gasteiger partial charge in [0.1, 0.15) is 0 Å². The van der Waals surface area contributed by atoms with Crippen molar-refractivity contribution in [2.45, 2.75) is 39.2 Å². The van der Waals surface area contributed by atoms with E-state index in [1.54, 1.807) is 4.31 Å². The Morgan fingerprint density at radius 1 is 1.38 bits per heavy atom. The van der Waals surface area contributed by atoms with E-state index in [0.717, 1.165) is 12.8 Å². The lowest BCUT2D eigenvalue weighted by atomic mass is 9.91. The van der Waals surface area contributed by atoms with Crippen LogP contribution in [0, 0.1) is 5.92 Å². The molecule has 0 spiro atoms. The van der Waals surface area contributed by atoms with Crippen LogP contribution in [0.15, 0.2) is 0 Å². The molecule has 1 aliphatic heterocycles. The van der Waals surface area contributed by atoms with Gasteiger partial charge in [-0.3, -0.25) is 0 Å². The summed E-state index contributed by atoms with van der Waals surface area (Å²) in [5.74, 6) is 0.735. The summed E-state index contributed by atoms with van der Waals surface area (Å²) in [6.07, 6.45) is 2.66. The molecule has 0 radical (unpaired) electrons. The van der Waals surface area contributed by atoms with Crippen molar-refractivity contribution in [1.82, 2.24) is 9.62 Å². The molecule has 1 N–H and O–H groups in total. The number of hydrogen-bond donors (Lipinski definition) is 1. The van der Waals surface area contributed by atoms with Crippen LogP contribution in [0.4, 0.5) is 0 Å². The third-order valence-electron chi connectivity index (χ3n) is 3.45. The van der Waals surface area contributed by atoms with Crippen LogP contribution in [-0.4, -0.2) is 44.7 Å². The predicted octanol–water partition coefficient (Wildman–Crippen LogP) is 1.05. The maximum Gasteiger partial charge on any atom is 0.214 e. The number of nitrogens with zero attached hydrogens (tertiary/aromatic N) is 1. The van der Waals surface area contributed by atoms with Gasteiger partial charge in [0.25, 0.3) is 0 Å². The Bertz CT molecular complexity index is 303. The van der Waals surface area contributed by atoms with Crippen LogP contribution in [0.3, 0.4) is 0 Å². The minimum absolute atomic E-state index is 0.285. The van der Waals surface area contributed by atoms with Gasteiger partial charge >= 0.3 is 0 Å². The molecule has 96 valence electrons. The van der Waals surface area contributed by atoms with Gasteiger partial charge in [0.2, 0.25) is 10.0 Å². The fourth-order valence-electron chi connectivity index (χ4n) is 2.43. The maximum atomic E-state index is 11.9. The highest BCUT2D eigenvalue weighted by atomic mass is 32.2. The van der Waals surface area contributed by atoms with Gasteiger partial charge in [-0.25, -0.2) is 12.7 Å². The Kier molecular flexibility index (Phi) is 5.21. The van der Waals surface area contributed by atoms with Gasteiger partial charge in [-0.2, -0.15) is 0 Å². The molecule has 1 saturated heterocycles. The van der Waals surface area contributed by atoms with E-state index < -0.39 is 10.0 Å². The Morgan fingerprint density at radius 2 is 2.06 bits per heavy atom. The van der Waals surface area contributed by atoms with Crippen molar-refractivity contribution in [2.24, 2.45) is 5.92 Å². The molecule has 0 amide bonds. The highest BCUT2D eigenvalue weighted by Gasteiger charge is 2.32. The topological polar surface area (TPSA) is 49.4 Å². The van der Waals surface area contributed by atoms with E-state index in [1.165, 1.54) is 0 Å². The third-order valence-corrected chi connectivity index (χ3v) is 5.49. The smallest absolute Gasteiger partial charge is 0.214 e. The van der Waals surface area contributed by atoms with Gasteiger partial charge in [0.05, 0.1) is 5.75 Å². The van der Waals surface area contributed by atoms with Crippen molar-refractivity contribution in [3.8, 4) is 0 Å². The van der Waals surface area contributed by atoms with Crippen LogP contribution in [0.2, 0.25) is 0 Å². The van der Waals surface area contributed by atoms with Crippen molar-refractivity contribution < 1.29 is 8.42 Å². The Labute approximate surface area is 99.5 Å². The summed E-state index contributed by atoms with van der Waals surface area (Å²) in [6.45, 7) is 5.40. The van der Waals surface area contributed by atoms with Gasteiger partial charge in [0.15, 0.2) is 0 Å². The Hall–Kier alpha value is -0.130. The molecule has 2 unspecified atom stereocenters. The minimum atomic E-state index is -3.00. The van der Waals surface area contributed by atoms with Crippen molar-refractivity contribution >= 4 is 10.0 Å². The molecule has 1 rings (SSSR count). The first-order chi connectivity index (χ1) is 7.55. The van der Waals surface area contributed by atoms with Crippen LogP contribution in [0.25, 0.3) is 0 Å². The molecular weight excluding hydrogens is 224 g/mol. The van der Waals surface area contributed by atoms with Gasteiger partial charge in [-0.1, -0.05) is 20.3 Å². The van der Waals surface area contributed by atoms with Crippen LogP contribution < -0.4 is 5.32 Å². The highest BCUT2D eigenvalue weighted by molar-refractivity contribution is 7.89. The van der Waals surface area contributed by atoms with E-state index in [-0.39, 0.29) is 5.75 Å². The molecule has 0 bridgehead atoms. The zero-order chi connectivity index (χ0) is 12.2. The molecule has 1 aliphatic rings. The third kappa shape index (κ3) is 3.18. The van der Waals surface area contributed by atoms with Gasteiger partial charge < -0.3 is 5.32 Å². The molecule has 0 aromatic rings. The molecule has 5 heteroatoms. The van der Waals surface area contributed by atoms with E-state index in [1.807, 2.05) is 14.0 Å². The second-order valence-electron chi connectivity index (χ2n) is 4.53. The highest BCUT2D eigenvalue weighted by Crippen LogP contribution is 2.22. The van der Waals surface area contributed by atoms with Gasteiger partial charge in [-0.05, 0) is 25.8 Å². The molecule has 16 heavy (non-hydrogen) atoms. The first-order valence-corrected chi connectivity index (χ1v) is 7.81. The summed E-state index contributed by atoms with van der Waals surface area (Å²) >= 11 is 0. The fraction of sp³-hybridized carbons (Fsp3) is 1.00. The number of piperidine rings is 1. The summed E-state index contributed by atoms with van der Waals surface area (Å²) in [5.41, 5.74) is 0. The zero-order valence-corrected chi connectivity index (χ0v) is 11.4. The lowest BCUT2D eigenvalue weighted by Crippen LogP contribution is -2.50. The number of hydrogen-bond acceptors (Lipinski definition) is 3. The quantitative estimate of drug-likeness (QED) is 0.791. The summed E-state index contributed by atoms with van der Waals surface area (Å²) in [6, 6.07) is 0.470. The lowest BCUT2D eigenvalue weighted by molar-refractivity contribution is 0.209. The standard InChI is InChI=1S/C11H24N2O2S/c1-4-8-16(14,15)13-7-6-11(12-3)10(5-2)9-13/h10-12H,4-9H2,1-3H3. The average Bonchev–Trinajstić information content (AvgIpc) is 2.28. The van der Waals surface area contributed by atoms with Gasteiger partial charge in [-0.15, -0.1) is 0 Å². The predicted molar refractivity (Wildman–Crippen MR) is 66.9 cm³/mol. The SMILES string of the molecule is CCCS(=O)(=O)N1CCC(NC)C(CC)C1. The van der Waals surface area contributed by atoms with Crippen LogP contribution in [0.1, 0.15) is 33.1 Å². The molecular formula is C11H24N2O2S. The van der Waals surface area contributed by atoms with Crippen LogP contribution in [0.5, 0.6) is 0 Å². The molecule has 2 atom stereocenters. The largest absolute Gasteiger partial charge is 0.317 e. The van der Waals surface area contributed by atoms with Gasteiger partial charge in [0, 0.05) is 19.1 Å². The Morgan fingerprint density at radius 3 is 2.56 bits per heavy atom. The van der Waals surface area contributed by atoms with Crippen LogP contribution in [-0.2, 0) is 10.0 Å². The average molecular weight is 248 g/mol. The molecule has 0 saturated carbocycles. The van der Waals surface area contributed by atoms with E-state index in [2.05, 4.69) is 12.2 Å². The zero-order valence-electron chi connectivity index (χ0n) is 10.6. The van der Waals surface area contributed by atoms with Crippen molar-refractivity contribution in [3.63, 3.8) is 0 Å². The fourth-order valence-corrected chi connectivity index (χ4v) is 4.01. The van der Waals surface area contributed by atoms with E-state index in [4.69, 9.17) is 0 Å². The number of nitrogens with one attached hydrogen (secondary N) is 1. The minimum Gasteiger partial charge on any atom is -0.317 e. The van der Waals surface area contributed by atoms with E-state index in [9.17, 15) is 8.42 Å². The van der Waals surface area contributed by atoms with E-state index >= 15 is 0 Å². The molecule has 0 aromatic heterocycles.